The average Bonchev–Trinajstić information content (AvgIpc) is 2.98. The van der Waals surface area contributed by atoms with Crippen LogP contribution in [0.1, 0.15) is 28.2 Å². The van der Waals surface area contributed by atoms with E-state index < -0.39 is 11.7 Å². The van der Waals surface area contributed by atoms with Crippen molar-refractivity contribution in [2.75, 3.05) is 6.61 Å². The molecule has 0 aliphatic rings. The highest BCUT2D eigenvalue weighted by Gasteiger charge is 2.12. The lowest BCUT2D eigenvalue weighted by atomic mass is 10.1. The second-order valence-electron chi connectivity index (χ2n) is 4.00. The number of carbonyl (C=O) groups excluding carboxylic acids is 1. The van der Waals surface area contributed by atoms with E-state index in [9.17, 15) is 9.18 Å². The number of hydrogen-bond acceptors (Lipinski definition) is 5. The third-order valence-corrected chi connectivity index (χ3v) is 2.50. The van der Waals surface area contributed by atoms with Crippen LogP contribution >= 0.6 is 0 Å². The molecule has 21 heavy (non-hydrogen) atoms. The Labute approximate surface area is 120 Å². The van der Waals surface area contributed by atoms with Gasteiger partial charge in [0.25, 0.3) is 5.91 Å². The van der Waals surface area contributed by atoms with Crippen molar-refractivity contribution < 1.29 is 18.8 Å². The van der Waals surface area contributed by atoms with Gasteiger partial charge in [-0.15, -0.1) is 0 Å². The third-order valence-electron chi connectivity index (χ3n) is 2.50. The zero-order valence-corrected chi connectivity index (χ0v) is 11.0. The number of nitrogens with zero attached hydrogens (tertiary/aromatic N) is 2. The number of carbonyl (C=O) groups is 1. The lowest BCUT2D eigenvalue weighted by Gasteiger charge is -2.04. The van der Waals surface area contributed by atoms with Gasteiger partial charge >= 0.3 is 0 Å². The summed E-state index contributed by atoms with van der Waals surface area (Å²) in [6, 6.07) is 4.06. The van der Waals surface area contributed by atoms with Crippen LogP contribution in [0.4, 0.5) is 4.39 Å². The summed E-state index contributed by atoms with van der Waals surface area (Å²) in [6.07, 6.45) is 1.45. The van der Waals surface area contributed by atoms with Crippen LogP contribution < -0.4 is 5.32 Å². The van der Waals surface area contributed by atoms with Crippen LogP contribution in [-0.4, -0.2) is 27.8 Å². The number of amides is 1. The first-order valence-corrected chi connectivity index (χ1v) is 6.13. The monoisotopic (exact) mass is 289 g/mol. The Morgan fingerprint density at radius 1 is 1.48 bits per heavy atom. The predicted molar refractivity (Wildman–Crippen MR) is 70.4 cm³/mol. The number of nitrogens with one attached hydrogen (secondary N) is 1. The molecule has 0 aliphatic heterocycles. The van der Waals surface area contributed by atoms with Crippen LogP contribution in [0, 0.1) is 17.7 Å². The van der Waals surface area contributed by atoms with Gasteiger partial charge in [-0.3, -0.25) is 4.79 Å². The van der Waals surface area contributed by atoms with Crippen molar-refractivity contribution in [3.8, 4) is 11.8 Å². The minimum Gasteiger partial charge on any atom is -0.395 e. The molecule has 7 heteroatoms. The standard InChI is InChI=1S/C14H12FN3O3/c15-12-7-10(3-1-2-6-19)4-5-11(12)14(20)16-8-13-17-9-21-18-13/h4-5,7,9,19H,2,6,8H2,(H,16,20). The van der Waals surface area contributed by atoms with E-state index >= 15 is 0 Å². The van der Waals surface area contributed by atoms with Crippen LogP contribution in [0.25, 0.3) is 0 Å². The SMILES string of the molecule is O=C(NCc1ncon1)c1ccc(C#CCCO)cc1F. The van der Waals surface area contributed by atoms with Gasteiger partial charge in [-0.25, -0.2) is 4.39 Å². The van der Waals surface area contributed by atoms with Gasteiger partial charge in [-0.1, -0.05) is 17.0 Å². The van der Waals surface area contributed by atoms with Crippen LogP contribution in [0.3, 0.4) is 0 Å². The van der Waals surface area contributed by atoms with E-state index in [1.807, 2.05) is 0 Å². The molecule has 1 amide bonds. The molecule has 0 unspecified atom stereocenters. The van der Waals surface area contributed by atoms with Gasteiger partial charge in [0.05, 0.1) is 18.7 Å². The molecule has 1 aromatic carbocycles. The Kier molecular flexibility index (Phi) is 5.01. The molecular weight excluding hydrogens is 277 g/mol. The van der Waals surface area contributed by atoms with E-state index in [4.69, 9.17) is 5.11 Å². The topological polar surface area (TPSA) is 88.3 Å². The summed E-state index contributed by atoms with van der Waals surface area (Å²) in [7, 11) is 0. The molecule has 0 atom stereocenters. The quantitative estimate of drug-likeness (QED) is 0.815. The van der Waals surface area contributed by atoms with E-state index in [0.717, 1.165) is 6.39 Å². The van der Waals surface area contributed by atoms with E-state index in [1.165, 1.54) is 18.2 Å². The highest BCUT2D eigenvalue weighted by Crippen LogP contribution is 2.10. The molecule has 0 fully saturated rings. The molecule has 0 radical (unpaired) electrons. The summed E-state index contributed by atoms with van der Waals surface area (Å²) >= 11 is 0. The number of aromatic nitrogens is 2. The molecule has 1 heterocycles. The minimum absolute atomic E-state index is 0.0484. The molecule has 2 aromatic rings. The van der Waals surface area contributed by atoms with Crippen molar-refractivity contribution in [1.82, 2.24) is 15.5 Å². The number of benzene rings is 1. The number of halogens is 1. The van der Waals surface area contributed by atoms with E-state index in [0.29, 0.717) is 17.8 Å². The maximum Gasteiger partial charge on any atom is 0.254 e. The summed E-state index contributed by atoms with van der Waals surface area (Å²) in [5, 5.41) is 14.6. The van der Waals surface area contributed by atoms with Gasteiger partial charge in [-0.2, -0.15) is 4.98 Å². The molecule has 0 bridgehead atoms. The van der Waals surface area contributed by atoms with Gasteiger partial charge in [0.15, 0.2) is 5.82 Å². The largest absolute Gasteiger partial charge is 0.395 e. The molecule has 0 spiro atoms. The molecular formula is C14H12FN3O3. The maximum atomic E-state index is 13.8. The van der Waals surface area contributed by atoms with Crippen molar-refractivity contribution in [3.05, 3.63) is 47.4 Å². The van der Waals surface area contributed by atoms with Crippen molar-refractivity contribution in [2.24, 2.45) is 0 Å². The van der Waals surface area contributed by atoms with Gasteiger partial charge in [0, 0.05) is 12.0 Å². The molecule has 6 nitrogen and oxygen atoms in total. The first kappa shape index (κ1) is 14.7. The highest BCUT2D eigenvalue weighted by atomic mass is 19.1. The molecule has 2 rings (SSSR count). The number of aliphatic hydroxyl groups excluding tert-OH is 1. The Bertz CT molecular complexity index is 675. The minimum atomic E-state index is -0.670. The third kappa shape index (κ3) is 4.12. The first-order chi connectivity index (χ1) is 10.2. The molecule has 108 valence electrons. The van der Waals surface area contributed by atoms with E-state index in [2.05, 4.69) is 31.8 Å². The number of hydrogen-bond donors (Lipinski definition) is 2. The van der Waals surface area contributed by atoms with Gasteiger partial charge in [-0.05, 0) is 18.2 Å². The predicted octanol–water partition coefficient (Wildman–Crippen LogP) is 0.873. The second kappa shape index (κ2) is 7.17. The first-order valence-electron chi connectivity index (χ1n) is 6.13. The van der Waals surface area contributed by atoms with Crippen LogP contribution in [-0.2, 0) is 6.54 Å². The molecule has 0 saturated carbocycles. The van der Waals surface area contributed by atoms with Crippen molar-refractivity contribution >= 4 is 5.91 Å². The normalized spacial score (nSPS) is 9.81. The second-order valence-corrected chi connectivity index (χ2v) is 4.00. The lowest BCUT2D eigenvalue weighted by molar-refractivity contribution is 0.0945. The van der Waals surface area contributed by atoms with E-state index in [-0.39, 0.29) is 18.7 Å². The van der Waals surface area contributed by atoms with Crippen LogP contribution in [0.15, 0.2) is 29.1 Å². The smallest absolute Gasteiger partial charge is 0.254 e. The number of rotatable bonds is 4. The summed E-state index contributed by atoms with van der Waals surface area (Å²) in [5.41, 5.74) is 0.349. The summed E-state index contributed by atoms with van der Waals surface area (Å²) < 4.78 is 18.4. The zero-order chi connectivity index (χ0) is 15.1. The fraction of sp³-hybridized carbons (Fsp3) is 0.214. The number of aliphatic hydroxyl groups is 1. The fourth-order valence-corrected chi connectivity index (χ4v) is 1.52. The molecule has 1 aromatic heterocycles. The summed E-state index contributed by atoms with van der Waals surface area (Å²) in [6.45, 7) is -0.00111. The molecule has 0 saturated heterocycles. The Morgan fingerprint density at radius 3 is 3.00 bits per heavy atom. The van der Waals surface area contributed by atoms with Crippen LogP contribution in [0.5, 0.6) is 0 Å². The van der Waals surface area contributed by atoms with Crippen molar-refractivity contribution in [3.63, 3.8) is 0 Å². The Hall–Kier alpha value is -2.72. The fourth-order valence-electron chi connectivity index (χ4n) is 1.52. The molecule has 2 N–H and O–H groups in total. The van der Waals surface area contributed by atoms with Gasteiger partial charge < -0.3 is 14.9 Å². The Morgan fingerprint density at radius 2 is 2.33 bits per heavy atom. The van der Waals surface area contributed by atoms with E-state index in [1.54, 1.807) is 0 Å². The summed E-state index contributed by atoms with van der Waals surface area (Å²) in [4.78, 5) is 15.6. The lowest BCUT2D eigenvalue weighted by Crippen LogP contribution is -2.24. The average molecular weight is 289 g/mol. The maximum absolute atomic E-state index is 13.8. The van der Waals surface area contributed by atoms with Gasteiger partial charge in [0.2, 0.25) is 6.39 Å². The highest BCUT2D eigenvalue weighted by molar-refractivity contribution is 5.94. The van der Waals surface area contributed by atoms with Gasteiger partial charge in [0.1, 0.15) is 5.82 Å². The summed E-state index contributed by atoms with van der Waals surface area (Å²) in [5.74, 6) is 4.42. The molecule has 0 aliphatic carbocycles. The van der Waals surface area contributed by atoms with Crippen molar-refractivity contribution in [2.45, 2.75) is 13.0 Å². The Balaban J connectivity index is 2.03. The van der Waals surface area contributed by atoms with Crippen molar-refractivity contribution in [1.29, 1.82) is 0 Å². The van der Waals surface area contributed by atoms with Crippen LogP contribution in [0.2, 0.25) is 0 Å². The zero-order valence-electron chi connectivity index (χ0n) is 11.0.